The monoisotopic (exact) mass is 330 g/mol. The van der Waals surface area contributed by atoms with Gasteiger partial charge in [-0.2, -0.15) is 0 Å². The quantitative estimate of drug-likeness (QED) is 0.687. The second-order valence-corrected chi connectivity index (χ2v) is 6.44. The number of para-hydroxylation sites is 1. The summed E-state index contributed by atoms with van der Waals surface area (Å²) in [5.74, 6) is 0.296. The minimum Gasteiger partial charge on any atom is -0.496 e. The predicted molar refractivity (Wildman–Crippen MR) is 94.2 cm³/mol. The molecular weight excluding hydrogens is 308 g/mol. The summed E-state index contributed by atoms with van der Waals surface area (Å²) in [6.45, 7) is 0. The smallest absolute Gasteiger partial charge is 0.307 e. The first-order valence-corrected chi connectivity index (χ1v) is 8.72. The number of thioether (sulfide) groups is 1. The molecule has 0 aliphatic rings. The van der Waals surface area contributed by atoms with Crippen LogP contribution in [0.15, 0.2) is 59.5 Å². The van der Waals surface area contributed by atoms with Crippen molar-refractivity contribution in [3.05, 3.63) is 60.2 Å². The number of carbonyl (C=O) groups is 1. The maximum absolute atomic E-state index is 11.5. The molecule has 0 aliphatic carbocycles. The standard InChI is InChI=1S/C19H22O3S/c1-22-17-12-5-6-13-18(17)23-14-16(19(20)21)11-7-10-15-8-3-2-4-9-15/h2-6,8-9,12-13,16H,7,10-11,14H2,1H3,(H,20,21). The molecule has 1 unspecified atom stereocenters. The normalized spacial score (nSPS) is 11.9. The van der Waals surface area contributed by atoms with Gasteiger partial charge in [-0.15, -0.1) is 11.8 Å². The molecule has 0 fully saturated rings. The average Bonchev–Trinajstić information content (AvgIpc) is 2.58. The van der Waals surface area contributed by atoms with Crippen LogP contribution < -0.4 is 4.74 Å². The molecule has 2 aromatic rings. The molecule has 2 rings (SSSR count). The van der Waals surface area contributed by atoms with Crippen molar-refractivity contribution in [2.75, 3.05) is 12.9 Å². The van der Waals surface area contributed by atoms with E-state index in [-0.39, 0.29) is 5.92 Å². The molecule has 0 saturated carbocycles. The first-order chi connectivity index (χ1) is 11.2. The van der Waals surface area contributed by atoms with Crippen molar-refractivity contribution in [3.8, 4) is 5.75 Å². The first-order valence-electron chi connectivity index (χ1n) is 7.73. The molecule has 23 heavy (non-hydrogen) atoms. The molecule has 2 aromatic carbocycles. The Labute approximate surface area is 141 Å². The van der Waals surface area contributed by atoms with Gasteiger partial charge in [0.15, 0.2) is 0 Å². The van der Waals surface area contributed by atoms with Crippen molar-refractivity contribution < 1.29 is 14.6 Å². The largest absolute Gasteiger partial charge is 0.496 e. The van der Waals surface area contributed by atoms with E-state index in [0.29, 0.717) is 12.2 Å². The fourth-order valence-electron chi connectivity index (χ4n) is 2.40. The van der Waals surface area contributed by atoms with Crippen LogP contribution in [0.4, 0.5) is 0 Å². The molecule has 1 N–H and O–H groups in total. The highest BCUT2D eigenvalue weighted by Gasteiger charge is 2.18. The molecular formula is C19H22O3S. The van der Waals surface area contributed by atoms with Gasteiger partial charge in [0.25, 0.3) is 0 Å². The number of benzene rings is 2. The Bertz CT molecular complexity index is 613. The summed E-state index contributed by atoms with van der Waals surface area (Å²) in [4.78, 5) is 12.5. The molecule has 0 spiro atoms. The highest BCUT2D eigenvalue weighted by molar-refractivity contribution is 7.99. The molecule has 1 atom stereocenters. The Morgan fingerprint density at radius 1 is 1.13 bits per heavy atom. The van der Waals surface area contributed by atoms with Crippen LogP contribution in [0.25, 0.3) is 0 Å². The number of methoxy groups -OCH3 is 1. The summed E-state index contributed by atoms with van der Waals surface area (Å²) in [7, 11) is 1.63. The van der Waals surface area contributed by atoms with E-state index >= 15 is 0 Å². The topological polar surface area (TPSA) is 46.5 Å². The molecule has 0 aliphatic heterocycles. The summed E-state index contributed by atoms with van der Waals surface area (Å²) in [5.41, 5.74) is 1.26. The lowest BCUT2D eigenvalue weighted by Gasteiger charge is -2.13. The van der Waals surface area contributed by atoms with E-state index < -0.39 is 5.97 Å². The van der Waals surface area contributed by atoms with Crippen molar-refractivity contribution in [1.29, 1.82) is 0 Å². The van der Waals surface area contributed by atoms with Crippen LogP contribution in [0.3, 0.4) is 0 Å². The molecule has 0 saturated heterocycles. The highest BCUT2D eigenvalue weighted by Crippen LogP contribution is 2.31. The fraction of sp³-hybridized carbons (Fsp3) is 0.316. The summed E-state index contributed by atoms with van der Waals surface area (Å²) >= 11 is 1.55. The fourth-order valence-corrected chi connectivity index (χ4v) is 3.56. The van der Waals surface area contributed by atoms with Gasteiger partial charge in [-0.05, 0) is 37.0 Å². The highest BCUT2D eigenvalue weighted by atomic mass is 32.2. The first kappa shape index (κ1) is 17.4. The van der Waals surface area contributed by atoms with Crippen molar-refractivity contribution in [2.45, 2.75) is 24.2 Å². The molecule has 0 aromatic heterocycles. The molecule has 0 heterocycles. The van der Waals surface area contributed by atoms with Crippen LogP contribution >= 0.6 is 11.8 Å². The van der Waals surface area contributed by atoms with Gasteiger partial charge in [0.2, 0.25) is 0 Å². The van der Waals surface area contributed by atoms with Gasteiger partial charge in [0.05, 0.1) is 13.0 Å². The third kappa shape index (κ3) is 5.64. The van der Waals surface area contributed by atoms with Crippen LogP contribution in [0.2, 0.25) is 0 Å². The van der Waals surface area contributed by atoms with E-state index in [1.807, 2.05) is 42.5 Å². The third-order valence-corrected chi connectivity index (χ3v) is 4.94. The maximum Gasteiger partial charge on any atom is 0.307 e. The van der Waals surface area contributed by atoms with Crippen LogP contribution in [-0.2, 0) is 11.2 Å². The molecule has 0 amide bonds. The minimum atomic E-state index is -0.722. The van der Waals surface area contributed by atoms with Gasteiger partial charge in [-0.1, -0.05) is 42.5 Å². The molecule has 0 radical (unpaired) electrons. The zero-order valence-corrected chi connectivity index (χ0v) is 14.1. The lowest BCUT2D eigenvalue weighted by atomic mass is 10.0. The number of rotatable bonds is 9. The van der Waals surface area contributed by atoms with Crippen LogP contribution in [0.5, 0.6) is 5.75 Å². The molecule has 3 nitrogen and oxygen atoms in total. The number of hydrogen-bond acceptors (Lipinski definition) is 3. The third-order valence-electron chi connectivity index (χ3n) is 3.72. The Morgan fingerprint density at radius 3 is 2.52 bits per heavy atom. The lowest BCUT2D eigenvalue weighted by molar-refractivity contribution is -0.141. The molecule has 0 bridgehead atoms. The van der Waals surface area contributed by atoms with Crippen molar-refractivity contribution >= 4 is 17.7 Å². The second-order valence-electron chi connectivity index (χ2n) is 5.37. The summed E-state index contributed by atoms with van der Waals surface area (Å²) < 4.78 is 5.31. The van der Waals surface area contributed by atoms with Gasteiger partial charge in [0.1, 0.15) is 5.75 Å². The van der Waals surface area contributed by atoms with Crippen molar-refractivity contribution in [1.82, 2.24) is 0 Å². The Hall–Kier alpha value is -1.94. The van der Waals surface area contributed by atoms with Gasteiger partial charge in [-0.3, -0.25) is 4.79 Å². The molecule has 122 valence electrons. The SMILES string of the molecule is COc1ccccc1SCC(CCCc1ccccc1)C(=O)O. The summed E-state index contributed by atoms with van der Waals surface area (Å²) in [5, 5.41) is 9.43. The van der Waals surface area contributed by atoms with E-state index in [2.05, 4.69) is 12.1 Å². The Kier molecular flexibility index (Phi) is 7.01. The van der Waals surface area contributed by atoms with E-state index in [9.17, 15) is 9.90 Å². The Balaban J connectivity index is 1.85. The zero-order valence-electron chi connectivity index (χ0n) is 13.3. The number of carboxylic acids is 1. The summed E-state index contributed by atoms with van der Waals surface area (Å²) in [6.07, 6.45) is 2.49. The average molecular weight is 330 g/mol. The number of carboxylic acid groups (broad SMARTS) is 1. The van der Waals surface area contributed by atoms with E-state index in [0.717, 1.165) is 23.5 Å². The molecule has 4 heteroatoms. The maximum atomic E-state index is 11.5. The number of aryl methyl sites for hydroxylation is 1. The second kappa shape index (κ2) is 9.26. The summed E-state index contributed by atoms with van der Waals surface area (Å²) in [6, 6.07) is 17.9. The van der Waals surface area contributed by atoms with Crippen LogP contribution in [0, 0.1) is 5.92 Å². The van der Waals surface area contributed by atoms with Crippen molar-refractivity contribution in [2.24, 2.45) is 5.92 Å². The van der Waals surface area contributed by atoms with E-state index in [4.69, 9.17) is 4.74 Å². The predicted octanol–water partition coefficient (Wildman–Crippen LogP) is 4.51. The lowest BCUT2D eigenvalue weighted by Crippen LogP contribution is -2.16. The minimum absolute atomic E-state index is 0.339. The zero-order chi connectivity index (χ0) is 16.5. The van der Waals surface area contributed by atoms with Crippen LogP contribution in [-0.4, -0.2) is 23.9 Å². The van der Waals surface area contributed by atoms with Gasteiger partial charge in [-0.25, -0.2) is 0 Å². The number of ether oxygens (including phenoxy) is 1. The number of hydrogen-bond donors (Lipinski definition) is 1. The number of aliphatic carboxylic acids is 1. The van der Waals surface area contributed by atoms with Gasteiger partial charge >= 0.3 is 5.97 Å². The van der Waals surface area contributed by atoms with Crippen molar-refractivity contribution in [3.63, 3.8) is 0 Å². The van der Waals surface area contributed by atoms with Gasteiger partial charge < -0.3 is 9.84 Å². The van der Waals surface area contributed by atoms with Crippen LogP contribution in [0.1, 0.15) is 18.4 Å². The Morgan fingerprint density at radius 2 is 1.83 bits per heavy atom. The van der Waals surface area contributed by atoms with Gasteiger partial charge in [0, 0.05) is 10.6 Å². The van der Waals surface area contributed by atoms with E-state index in [1.54, 1.807) is 18.9 Å². The van der Waals surface area contributed by atoms with E-state index in [1.165, 1.54) is 5.56 Å².